The molecule has 0 unspecified atom stereocenters. The van der Waals surface area contributed by atoms with Crippen LogP contribution >= 0.6 is 11.3 Å². The van der Waals surface area contributed by atoms with Crippen LogP contribution < -0.4 is 5.32 Å². The Balaban J connectivity index is 1.89. The van der Waals surface area contributed by atoms with Gasteiger partial charge in [0.25, 0.3) is 0 Å². The van der Waals surface area contributed by atoms with Gasteiger partial charge in [-0.25, -0.2) is 9.78 Å². The Hall–Kier alpha value is -1.92. The molecule has 2 rings (SSSR count). The highest BCUT2D eigenvalue weighted by atomic mass is 32.1. The third kappa shape index (κ3) is 4.54. The van der Waals surface area contributed by atoms with Gasteiger partial charge >= 0.3 is 6.03 Å². The van der Waals surface area contributed by atoms with E-state index in [9.17, 15) is 4.79 Å². The number of urea groups is 1. The van der Waals surface area contributed by atoms with Crippen LogP contribution in [0.2, 0.25) is 0 Å². The Morgan fingerprint density at radius 1 is 1.36 bits per heavy atom. The highest BCUT2D eigenvalue weighted by Gasteiger charge is 2.11. The number of nitrogens with one attached hydrogen (secondary N) is 1. The normalized spacial score (nSPS) is 10.5. The van der Waals surface area contributed by atoms with Gasteiger partial charge in [0, 0.05) is 26.1 Å². The van der Waals surface area contributed by atoms with Gasteiger partial charge in [-0.3, -0.25) is 0 Å². The Kier molecular flexibility index (Phi) is 5.91. The summed E-state index contributed by atoms with van der Waals surface area (Å²) in [6, 6.07) is 7.82. The average molecular weight is 319 g/mol. The lowest BCUT2D eigenvalue weighted by Crippen LogP contribution is -2.36. The second kappa shape index (κ2) is 7.91. The lowest BCUT2D eigenvalue weighted by atomic mass is 10.1. The molecule has 0 aliphatic carbocycles. The van der Waals surface area contributed by atoms with Crippen LogP contribution in [0.15, 0.2) is 29.6 Å². The van der Waals surface area contributed by atoms with Gasteiger partial charge in [0.2, 0.25) is 0 Å². The van der Waals surface area contributed by atoms with E-state index in [0.717, 1.165) is 21.8 Å². The third-order valence-corrected chi connectivity index (χ3v) is 4.08. The van der Waals surface area contributed by atoms with Crippen LogP contribution in [0.1, 0.15) is 21.8 Å². The van der Waals surface area contributed by atoms with E-state index in [1.165, 1.54) is 0 Å². The number of thiazole rings is 1. The number of benzene rings is 1. The number of nitrogens with zero attached hydrogens (tertiary/aromatic N) is 2. The highest BCUT2D eigenvalue weighted by Crippen LogP contribution is 2.11. The number of aryl methyl sites for hydroxylation is 1. The van der Waals surface area contributed by atoms with Gasteiger partial charge in [0.15, 0.2) is 0 Å². The van der Waals surface area contributed by atoms with E-state index in [0.29, 0.717) is 19.7 Å². The van der Waals surface area contributed by atoms with Gasteiger partial charge in [0.1, 0.15) is 0 Å². The maximum atomic E-state index is 12.2. The lowest BCUT2D eigenvalue weighted by molar-refractivity contribution is 0.183. The average Bonchev–Trinajstić information content (AvgIpc) is 2.91. The first-order chi connectivity index (χ1) is 10.6. The van der Waals surface area contributed by atoms with Gasteiger partial charge in [-0.1, -0.05) is 24.3 Å². The van der Waals surface area contributed by atoms with Gasteiger partial charge in [-0.2, -0.15) is 0 Å². The Morgan fingerprint density at radius 3 is 2.73 bits per heavy atom. The van der Waals surface area contributed by atoms with E-state index >= 15 is 0 Å². The summed E-state index contributed by atoms with van der Waals surface area (Å²) >= 11 is 1.59. The van der Waals surface area contributed by atoms with Crippen molar-refractivity contribution in [2.75, 3.05) is 14.2 Å². The second-order valence-electron chi connectivity index (χ2n) is 5.07. The van der Waals surface area contributed by atoms with E-state index in [2.05, 4.69) is 10.3 Å². The van der Waals surface area contributed by atoms with Crippen LogP contribution in [0.3, 0.4) is 0 Å². The van der Waals surface area contributed by atoms with Crippen molar-refractivity contribution >= 4 is 17.4 Å². The summed E-state index contributed by atoms with van der Waals surface area (Å²) in [7, 11) is 3.43. The van der Waals surface area contributed by atoms with Crippen molar-refractivity contribution in [2.24, 2.45) is 0 Å². The SMILES string of the molecule is COCc1ccccc1CNC(=O)N(C)Cc1csc(C)n1. The second-order valence-corrected chi connectivity index (χ2v) is 6.14. The summed E-state index contributed by atoms with van der Waals surface area (Å²) in [6.45, 7) is 3.50. The highest BCUT2D eigenvalue weighted by molar-refractivity contribution is 7.09. The Labute approximate surface area is 134 Å². The summed E-state index contributed by atoms with van der Waals surface area (Å²) in [5.74, 6) is 0. The molecule has 1 heterocycles. The number of methoxy groups -OCH3 is 1. The monoisotopic (exact) mass is 319 g/mol. The summed E-state index contributed by atoms with van der Waals surface area (Å²) in [5, 5.41) is 5.92. The number of aromatic nitrogens is 1. The smallest absolute Gasteiger partial charge is 0.317 e. The predicted octanol–water partition coefficient (Wildman–Crippen LogP) is 2.94. The minimum atomic E-state index is -0.113. The molecule has 0 aliphatic rings. The zero-order valence-corrected chi connectivity index (χ0v) is 13.9. The minimum absolute atomic E-state index is 0.113. The van der Waals surface area contributed by atoms with Crippen LogP contribution in [0.5, 0.6) is 0 Å². The summed E-state index contributed by atoms with van der Waals surface area (Å²) in [5.41, 5.74) is 3.07. The van der Waals surface area contributed by atoms with Crippen molar-refractivity contribution in [3.63, 3.8) is 0 Å². The molecule has 2 amide bonds. The Bertz CT molecular complexity index is 627. The van der Waals surface area contributed by atoms with E-state index in [-0.39, 0.29) is 6.03 Å². The molecule has 1 aromatic carbocycles. The first-order valence-electron chi connectivity index (χ1n) is 7.06. The van der Waals surface area contributed by atoms with Crippen molar-refractivity contribution in [3.8, 4) is 0 Å². The van der Waals surface area contributed by atoms with Crippen LogP contribution in [0.4, 0.5) is 4.79 Å². The number of hydrogen-bond donors (Lipinski definition) is 1. The molecule has 0 spiro atoms. The maximum absolute atomic E-state index is 12.2. The molecular formula is C16H21N3O2S. The quantitative estimate of drug-likeness (QED) is 0.890. The minimum Gasteiger partial charge on any atom is -0.380 e. The molecule has 5 nitrogen and oxygen atoms in total. The fraction of sp³-hybridized carbons (Fsp3) is 0.375. The van der Waals surface area contributed by atoms with E-state index in [1.54, 1.807) is 30.4 Å². The Morgan fingerprint density at radius 2 is 2.09 bits per heavy atom. The summed E-state index contributed by atoms with van der Waals surface area (Å²) in [4.78, 5) is 18.2. The molecule has 0 saturated heterocycles. The molecule has 0 fully saturated rings. The molecule has 0 radical (unpaired) electrons. The topological polar surface area (TPSA) is 54.5 Å². The molecule has 0 saturated carbocycles. The standard InChI is InChI=1S/C16H21N3O2S/c1-12-18-15(11-22-12)9-19(2)16(20)17-8-13-6-4-5-7-14(13)10-21-3/h4-7,11H,8-10H2,1-3H3,(H,17,20). The van der Waals surface area contributed by atoms with Crippen molar-refractivity contribution in [1.82, 2.24) is 15.2 Å². The van der Waals surface area contributed by atoms with Gasteiger partial charge in [-0.05, 0) is 18.1 Å². The fourth-order valence-corrected chi connectivity index (χ4v) is 2.73. The number of ether oxygens (including phenoxy) is 1. The molecule has 1 N–H and O–H groups in total. The zero-order chi connectivity index (χ0) is 15.9. The van der Waals surface area contributed by atoms with E-state index in [1.807, 2.05) is 36.6 Å². The first kappa shape index (κ1) is 16.5. The molecule has 0 bridgehead atoms. The predicted molar refractivity (Wildman–Crippen MR) is 87.7 cm³/mol. The van der Waals surface area contributed by atoms with Crippen molar-refractivity contribution < 1.29 is 9.53 Å². The van der Waals surface area contributed by atoms with E-state index in [4.69, 9.17) is 4.74 Å². The first-order valence-corrected chi connectivity index (χ1v) is 7.94. The van der Waals surface area contributed by atoms with Gasteiger partial charge < -0.3 is 15.0 Å². The number of carbonyl (C=O) groups is 1. The van der Waals surface area contributed by atoms with Crippen LogP contribution in [0.25, 0.3) is 0 Å². The molecular weight excluding hydrogens is 298 g/mol. The lowest BCUT2D eigenvalue weighted by Gasteiger charge is -2.17. The number of rotatable bonds is 6. The molecule has 22 heavy (non-hydrogen) atoms. The summed E-state index contributed by atoms with van der Waals surface area (Å²) < 4.78 is 5.17. The molecule has 0 atom stereocenters. The fourth-order valence-electron chi connectivity index (χ4n) is 2.13. The van der Waals surface area contributed by atoms with Crippen LogP contribution in [-0.4, -0.2) is 30.1 Å². The molecule has 6 heteroatoms. The molecule has 2 aromatic rings. The van der Waals surface area contributed by atoms with Crippen LogP contribution in [-0.2, 0) is 24.4 Å². The zero-order valence-electron chi connectivity index (χ0n) is 13.1. The van der Waals surface area contributed by atoms with Gasteiger partial charge in [-0.15, -0.1) is 11.3 Å². The van der Waals surface area contributed by atoms with Crippen LogP contribution in [0, 0.1) is 6.92 Å². The molecule has 0 aliphatic heterocycles. The van der Waals surface area contributed by atoms with Gasteiger partial charge in [0.05, 0.1) is 23.9 Å². The number of hydrogen-bond acceptors (Lipinski definition) is 4. The number of amides is 2. The van der Waals surface area contributed by atoms with E-state index < -0.39 is 0 Å². The summed E-state index contributed by atoms with van der Waals surface area (Å²) in [6.07, 6.45) is 0. The third-order valence-electron chi connectivity index (χ3n) is 3.26. The van der Waals surface area contributed by atoms with Crippen molar-refractivity contribution in [2.45, 2.75) is 26.6 Å². The maximum Gasteiger partial charge on any atom is 0.317 e. The van der Waals surface area contributed by atoms with Crippen molar-refractivity contribution in [1.29, 1.82) is 0 Å². The number of carbonyl (C=O) groups excluding carboxylic acids is 1. The molecule has 1 aromatic heterocycles. The largest absolute Gasteiger partial charge is 0.380 e. The van der Waals surface area contributed by atoms with Crippen molar-refractivity contribution in [3.05, 3.63) is 51.5 Å². The molecule has 118 valence electrons.